The maximum absolute atomic E-state index is 13.5. The molecular weight excluding hydrogens is 311 g/mol. The SMILES string of the molecule is O=C(c1ccc(Br)c(F)c1)N1CC2CCCNC2C1. The maximum Gasteiger partial charge on any atom is 0.254 e. The van der Waals surface area contributed by atoms with Crippen molar-refractivity contribution < 1.29 is 9.18 Å². The lowest BCUT2D eigenvalue weighted by molar-refractivity contribution is 0.0785. The number of carbonyl (C=O) groups is 1. The summed E-state index contributed by atoms with van der Waals surface area (Å²) in [6.45, 7) is 2.56. The topological polar surface area (TPSA) is 32.3 Å². The molecule has 2 aliphatic rings. The van der Waals surface area contributed by atoms with Crippen LogP contribution >= 0.6 is 15.9 Å². The Morgan fingerprint density at radius 3 is 3.00 bits per heavy atom. The molecule has 1 N–H and O–H groups in total. The zero-order valence-electron chi connectivity index (χ0n) is 10.5. The number of likely N-dealkylation sites (tertiary alicyclic amines) is 1. The van der Waals surface area contributed by atoms with Gasteiger partial charge in [-0.3, -0.25) is 4.79 Å². The van der Waals surface area contributed by atoms with Crippen molar-refractivity contribution >= 4 is 21.8 Å². The van der Waals surface area contributed by atoms with Crippen LogP contribution in [0.5, 0.6) is 0 Å². The van der Waals surface area contributed by atoms with Crippen LogP contribution in [0.15, 0.2) is 22.7 Å². The number of hydrogen-bond acceptors (Lipinski definition) is 2. The second-order valence-corrected chi connectivity index (χ2v) is 6.16. The third-order valence-corrected chi connectivity index (χ3v) is 4.70. The van der Waals surface area contributed by atoms with Crippen LogP contribution in [0.4, 0.5) is 4.39 Å². The molecule has 2 heterocycles. The lowest BCUT2D eigenvalue weighted by Gasteiger charge is -2.24. The van der Waals surface area contributed by atoms with Crippen LogP contribution in [0.1, 0.15) is 23.2 Å². The molecule has 0 bridgehead atoms. The van der Waals surface area contributed by atoms with E-state index in [4.69, 9.17) is 0 Å². The molecule has 0 saturated carbocycles. The van der Waals surface area contributed by atoms with Crippen molar-refractivity contribution in [2.75, 3.05) is 19.6 Å². The molecule has 0 aliphatic carbocycles. The number of nitrogens with one attached hydrogen (secondary N) is 1. The van der Waals surface area contributed by atoms with Crippen LogP contribution in [0.25, 0.3) is 0 Å². The molecule has 1 aromatic carbocycles. The normalized spacial score (nSPS) is 26.3. The molecule has 1 amide bonds. The van der Waals surface area contributed by atoms with Crippen LogP contribution in [0, 0.1) is 11.7 Å². The van der Waals surface area contributed by atoms with E-state index in [-0.39, 0.29) is 11.7 Å². The van der Waals surface area contributed by atoms with Gasteiger partial charge < -0.3 is 10.2 Å². The number of benzene rings is 1. The molecule has 2 fully saturated rings. The Morgan fingerprint density at radius 2 is 2.26 bits per heavy atom. The molecule has 0 radical (unpaired) electrons. The van der Waals surface area contributed by atoms with E-state index in [1.807, 2.05) is 4.90 Å². The Labute approximate surface area is 120 Å². The molecular formula is C14H16BrFN2O. The fourth-order valence-corrected chi connectivity index (χ4v) is 3.27. The fourth-order valence-electron chi connectivity index (χ4n) is 3.02. The van der Waals surface area contributed by atoms with Gasteiger partial charge in [0.25, 0.3) is 5.91 Å². The van der Waals surface area contributed by atoms with Gasteiger partial charge in [-0.2, -0.15) is 0 Å². The Morgan fingerprint density at radius 1 is 1.42 bits per heavy atom. The predicted molar refractivity (Wildman–Crippen MR) is 74.5 cm³/mol. The number of rotatable bonds is 1. The first kappa shape index (κ1) is 13.1. The zero-order valence-corrected chi connectivity index (χ0v) is 12.1. The number of amides is 1. The van der Waals surface area contributed by atoms with E-state index in [9.17, 15) is 9.18 Å². The lowest BCUT2D eigenvalue weighted by Crippen LogP contribution is -2.41. The number of nitrogens with zero attached hydrogens (tertiary/aromatic N) is 1. The summed E-state index contributed by atoms with van der Waals surface area (Å²) in [4.78, 5) is 14.2. The van der Waals surface area contributed by atoms with Crippen molar-refractivity contribution in [2.45, 2.75) is 18.9 Å². The Bertz CT molecular complexity index is 494. The second-order valence-electron chi connectivity index (χ2n) is 5.30. The first-order valence-corrected chi connectivity index (χ1v) is 7.42. The highest BCUT2D eigenvalue weighted by Gasteiger charge is 2.36. The van der Waals surface area contributed by atoms with Gasteiger partial charge >= 0.3 is 0 Å². The van der Waals surface area contributed by atoms with Gasteiger partial charge in [-0.15, -0.1) is 0 Å². The number of halogens is 2. The smallest absolute Gasteiger partial charge is 0.254 e. The molecule has 3 rings (SSSR count). The number of fused-ring (bicyclic) bond motifs is 1. The summed E-state index contributed by atoms with van der Waals surface area (Å²) in [7, 11) is 0. The zero-order chi connectivity index (χ0) is 13.4. The van der Waals surface area contributed by atoms with E-state index in [1.165, 1.54) is 18.9 Å². The summed E-state index contributed by atoms with van der Waals surface area (Å²) in [6.07, 6.45) is 2.35. The highest BCUT2D eigenvalue weighted by atomic mass is 79.9. The minimum absolute atomic E-state index is 0.0670. The van der Waals surface area contributed by atoms with E-state index in [0.717, 1.165) is 19.6 Å². The first-order chi connectivity index (χ1) is 9.15. The standard InChI is InChI=1S/C14H16BrFN2O/c15-11-4-3-9(6-12(11)16)14(19)18-7-10-2-1-5-17-13(10)8-18/h3-4,6,10,13,17H,1-2,5,7-8H2. The molecule has 2 aliphatic heterocycles. The van der Waals surface area contributed by atoms with Crippen LogP contribution < -0.4 is 5.32 Å². The van der Waals surface area contributed by atoms with Crippen molar-refractivity contribution in [1.82, 2.24) is 10.2 Å². The van der Waals surface area contributed by atoms with Crippen LogP contribution in [-0.2, 0) is 0 Å². The van der Waals surface area contributed by atoms with Gasteiger partial charge in [0.15, 0.2) is 0 Å². The molecule has 2 atom stereocenters. The van der Waals surface area contributed by atoms with Crippen molar-refractivity contribution in [3.05, 3.63) is 34.1 Å². The quantitative estimate of drug-likeness (QED) is 0.859. The summed E-state index contributed by atoms with van der Waals surface area (Å²) in [6, 6.07) is 4.98. The molecule has 5 heteroatoms. The Kier molecular flexibility index (Phi) is 3.58. The summed E-state index contributed by atoms with van der Waals surface area (Å²) < 4.78 is 13.9. The van der Waals surface area contributed by atoms with Gasteiger partial charge in [0.05, 0.1) is 4.47 Å². The van der Waals surface area contributed by atoms with Crippen LogP contribution in [0.2, 0.25) is 0 Å². The van der Waals surface area contributed by atoms with Crippen LogP contribution in [0.3, 0.4) is 0 Å². The monoisotopic (exact) mass is 326 g/mol. The van der Waals surface area contributed by atoms with E-state index < -0.39 is 0 Å². The average Bonchev–Trinajstić information content (AvgIpc) is 2.85. The third-order valence-electron chi connectivity index (χ3n) is 4.05. The van der Waals surface area contributed by atoms with E-state index in [2.05, 4.69) is 21.2 Å². The van der Waals surface area contributed by atoms with Crippen molar-refractivity contribution in [3.63, 3.8) is 0 Å². The molecule has 2 saturated heterocycles. The molecule has 19 heavy (non-hydrogen) atoms. The minimum atomic E-state index is -0.388. The van der Waals surface area contributed by atoms with E-state index in [1.54, 1.807) is 12.1 Å². The Balaban J connectivity index is 1.75. The van der Waals surface area contributed by atoms with Crippen LogP contribution in [-0.4, -0.2) is 36.5 Å². The third kappa shape index (κ3) is 2.54. The number of hydrogen-bond donors (Lipinski definition) is 1. The summed E-state index contributed by atoms with van der Waals surface area (Å²) in [5.74, 6) is 0.0983. The predicted octanol–water partition coefficient (Wildman–Crippen LogP) is 2.41. The maximum atomic E-state index is 13.5. The highest BCUT2D eigenvalue weighted by molar-refractivity contribution is 9.10. The molecule has 2 unspecified atom stereocenters. The number of carbonyl (C=O) groups excluding carboxylic acids is 1. The fraction of sp³-hybridized carbons (Fsp3) is 0.500. The average molecular weight is 327 g/mol. The summed E-state index contributed by atoms with van der Waals surface area (Å²) >= 11 is 3.10. The van der Waals surface area contributed by atoms with Crippen molar-refractivity contribution in [3.8, 4) is 0 Å². The van der Waals surface area contributed by atoms with Crippen molar-refractivity contribution in [2.24, 2.45) is 5.92 Å². The van der Waals surface area contributed by atoms with Gasteiger partial charge in [-0.05, 0) is 59.4 Å². The summed E-state index contributed by atoms with van der Waals surface area (Å²) in [5.41, 5.74) is 0.430. The van der Waals surface area contributed by atoms with Gasteiger partial charge in [0.1, 0.15) is 5.82 Å². The first-order valence-electron chi connectivity index (χ1n) is 6.63. The van der Waals surface area contributed by atoms with Gasteiger partial charge in [-0.1, -0.05) is 0 Å². The largest absolute Gasteiger partial charge is 0.337 e. The van der Waals surface area contributed by atoms with E-state index >= 15 is 0 Å². The van der Waals surface area contributed by atoms with Gasteiger partial charge in [0, 0.05) is 24.7 Å². The van der Waals surface area contributed by atoms with Gasteiger partial charge in [-0.25, -0.2) is 4.39 Å². The number of piperidine rings is 1. The summed E-state index contributed by atoms with van der Waals surface area (Å²) in [5, 5.41) is 3.46. The Hall–Kier alpha value is -0.940. The minimum Gasteiger partial charge on any atom is -0.337 e. The lowest BCUT2D eigenvalue weighted by atomic mass is 9.94. The molecule has 0 aromatic heterocycles. The molecule has 3 nitrogen and oxygen atoms in total. The van der Waals surface area contributed by atoms with Crippen molar-refractivity contribution in [1.29, 1.82) is 0 Å². The second kappa shape index (κ2) is 5.21. The molecule has 0 spiro atoms. The highest BCUT2D eigenvalue weighted by Crippen LogP contribution is 2.26. The molecule has 1 aromatic rings. The van der Waals surface area contributed by atoms with E-state index in [0.29, 0.717) is 22.0 Å². The van der Waals surface area contributed by atoms with Gasteiger partial charge in [0.2, 0.25) is 0 Å². The molecule has 102 valence electrons.